The summed E-state index contributed by atoms with van der Waals surface area (Å²) in [5.74, 6) is -3.77. The van der Waals surface area contributed by atoms with E-state index in [0.717, 1.165) is 11.6 Å². The van der Waals surface area contributed by atoms with Crippen LogP contribution in [0.25, 0.3) is 0 Å². The first-order chi connectivity index (χ1) is 11.4. The number of nitrogens with one attached hydrogen (secondary N) is 1. The predicted octanol–water partition coefficient (Wildman–Crippen LogP) is 5.09. The fourth-order valence-electron chi connectivity index (χ4n) is 2.69. The standard InChI is InChI=1S/C18H16F3NO2/c19-16-8-14(6-7-15(16)13-9-18(20,21)10-13)22-17(23)24-11-12-4-2-1-3-5-12/h1-8,13H,9-11H2,(H,22,23). The average Bonchev–Trinajstić information content (AvgIpc) is 2.52. The zero-order chi connectivity index (χ0) is 17.2. The van der Waals surface area contributed by atoms with Crippen molar-refractivity contribution in [2.75, 3.05) is 5.32 Å². The molecule has 0 heterocycles. The van der Waals surface area contributed by atoms with Crippen molar-refractivity contribution in [1.29, 1.82) is 0 Å². The van der Waals surface area contributed by atoms with Crippen LogP contribution in [-0.2, 0) is 11.3 Å². The van der Waals surface area contributed by atoms with Crippen molar-refractivity contribution in [2.45, 2.75) is 31.3 Å². The summed E-state index contributed by atoms with van der Waals surface area (Å²) in [5, 5.41) is 2.42. The van der Waals surface area contributed by atoms with Gasteiger partial charge in [0, 0.05) is 18.5 Å². The number of carbonyl (C=O) groups is 1. The third-order valence-electron chi connectivity index (χ3n) is 3.99. The van der Waals surface area contributed by atoms with Crippen molar-refractivity contribution < 1.29 is 22.7 Å². The maximum atomic E-state index is 14.0. The lowest BCUT2D eigenvalue weighted by molar-refractivity contribution is -0.0873. The van der Waals surface area contributed by atoms with Gasteiger partial charge in [0.05, 0.1) is 0 Å². The van der Waals surface area contributed by atoms with Crippen molar-refractivity contribution in [3.8, 4) is 0 Å². The van der Waals surface area contributed by atoms with Gasteiger partial charge in [0.15, 0.2) is 0 Å². The lowest BCUT2D eigenvalue weighted by Gasteiger charge is -2.35. The van der Waals surface area contributed by atoms with E-state index in [9.17, 15) is 18.0 Å². The minimum absolute atomic E-state index is 0.102. The highest BCUT2D eigenvalue weighted by molar-refractivity contribution is 5.84. The molecule has 0 saturated heterocycles. The van der Waals surface area contributed by atoms with E-state index in [4.69, 9.17) is 4.74 Å². The smallest absolute Gasteiger partial charge is 0.411 e. The van der Waals surface area contributed by atoms with E-state index >= 15 is 0 Å². The number of benzene rings is 2. The Bertz CT molecular complexity index is 726. The second kappa shape index (κ2) is 6.55. The van der Waals surface area contributed by atoms with Gasteiger partial charge in [-0.1, -0.05) is 36.4 Å². The van der Waals surface area contributed by atoms with Crippen molar-refractivity contribution in [3.63, 3.8) is 0 Å². The highest BCUT2D eigenvalue weighted by atomic mass is 19.3. The zero-order valence-electron chi connectivity index (χ0n) is 12.8. The van der Waals surface area contributed by atoms with Crippen molar-refractivity contribution >= 4 is 11.8 Å². The van der Waals surface area contributed by atoms with Gasteiger partial charge in [-0.25, -0.2) is 18.0 Å². The van der Waals surface area contributed by atoms with Crippen LogP contribution in [0, 0.1) is 5.82 Å². The Morgan fingerprint density at radius 2 is 1.88 bits per heavy atom. The van der Waals surface area contributed by atoms with Crippen LogP contribution >= 0.6 is 0 Å². The number of amides is 1. The first kappa shape index (κ1) is 16.4. The van der Waals surface area contributed by atoms with Crippen LogP contribution in [0.3, 0.4) is 0 Å². The Morgan fingerprint density at radius 3 is 2.50 bits per heavy atom. The van der Waals surface area contributed by atoms with Gasteiger partial charge in [0.2, 0.25) is 5.92 Å². The highest BCUT2D eigenvalue weighted by Crippen LogP contribution is 2.48. The highest BCUT2D eigenvalue weighted by Gasteiger charge is 2.46. The summed E-state index contributed by atoms with van der Waals surface area (Å²) in [6, 6.07) is 13.2. The molecule has 1 saturated carbocycles. The van der Waals surface area contributed by atoms with Crippen LogP contribution in [-0.4, -0.2) is 12.0 Å². The number of alkyl halides is 2. The van der Waals surface area contributed by atoms with Crippen molar-refractivity contribution in [2.24, 2.45) is 0 Å². The summed E-state index contributed by atoms with van der Waals surface area (Å²) in [4.78, 5) is 11.7. The molecule has 0 radical (unpaired) electrons. The largest absolute Gasteiger partial charge is 0.444 e. The molecule has 1 aliphatic carbocycles. The number of carbonyl (C=O) groups excluding carboxylic acids is 1. The molecule has 1 fully saturated rings. The SMILES string of the molecule is O=C(Nc1ccc(C2CC(F)(F)C2)c(F)c1)OCc1ccccc1. The van der Waals surface area contributed by atoms with Gasteiger partial charge in [-0.2, -0.15) is 0 Å². The summed E-state index contributed by atoms with van der Waals surface area (Å²) < 4.78 is 44.8. The number of halogens is 3. The van der Waals surface area contributed by atoms with E-state index in [1.807, 2.05) is 30.3 Å². The van der Waals surface area contributed by atoms with Gasteiger partial charge >= 0.3 is 6.09 Å². The monoisotopic (exact) mass is 335 g/mol. The molecule has 0 aliphatic heterocycles. The number of hydrogen-bond donors (Lipinski definition) is 1. The molecule has 2 aromatic carbocycles. The van der Waals surface area contributed by atoms with Gasteiger partial charge in [-0.3, -0.25) is 5.32 Å². The zero-order valence-corrected chi connectivity index (χ0v) is 12.8. The fourth-order valence-corrected chi connectivity index (χ4v) is 2.69. The average molecular weight is 335 g/mol. The maximum Gasteiger partial charge on any atom is 0.411 e. The lowest BCUT2D eigenvalue weighted by atomic mass is 9.76. The minimum Gasteiger partial charge on any atom is -0.444 e. The quantitative estimate of drug-likeness (QED) is 0.845. The molecule has 126 valence electrons. The summed E-state index contributed by atoms with van der Waals surface area (Å²) in [5.41, 5.74) is 1.31. The molecule has 1 amide bonds. The van der Waals surface area contributed by atoms with E-state index in [2.05, 4.69) is 5.32 Å². The lowest BCUT2D eigenvalue weighted by Crippen LogP contribution is -2.34. The van der Waals surface area contributed by atoms with E-state index < -0.39 is 23.8 Å². The summed E-state index contributed by atoms with van der Waals surface area (Å²) >= 11 is 0. The number of ether oxygens (including phenoxy) is 1. The molecule has 2 aromatic rings. The second-order valence-corrected chi connectivity index (χ2v) is 5.88. The number of hydrogen-bond acceptors (Lipinski definition) is 2. The molecule has 3 nitrogen and oxygen atoms in total. The molecule has 1 N–H and O–H groups in total. The second-order valence-electron chi connectivity index (χ2n) is 5.88. The first-order valence-corrected chi connectivity index (χ1v) is 7.58. The topological polar surface area (TPSA) is 38.3 Å². The van der Waals surface area contributed by atoms with Gasteiger partial charge in [0.25, 0.3) is 0 Å². The Balaban J connectivity index is 1.55. The molecule has 0 atom stereocenters. The summed E-state index contributed by atoms with van der Waals surface area (Å²) in [6.45, 7) is 0.102. The van der Waals surface area contributed by atoms with E-state index in [1.165, 1.54) is 12.1 Å². The third-order valence-corrected chi connectivity index (χ3v) is 3.99. The predicted molar refractivity (Wildman–Crippen MR) is 83.6 cm³/mol. The Labute approximate surface area is 137 Å². The maximum absolute atomic E-state index is 14.0. The van der Waals surface area contributed by atoms with Crippen molar-refractivity contribution in [1.82, 2.24) is 0 Å². The molecule has 1 aliphatic rings. The van der Waals surface area contributed by atoms with Crippen LogP contribution in [0.5, 0.6) is 0 Å². The molecule has 0 aromatic heterocycles. The number of anilines is 1. The van der Waals surface area contributed by atoms with E-state index in [-0.39, 0.29) is 30.7 Å². The molecule has 3 rings (SSSR count). The Kier molecular flexibility index (Phi) is 4.46. The van der Waals surface area contributed by atoms with Crippen LogP contribution in [0.4, 0.5) is 23.7 Å². The summed E-state index contributed by atoms with van der Waals surface area (Å²) in [6.07, 6.45) is -1.38. The van der Waals surface area contributed by atoms with E-state index in [0.29, 0.717) is 0 Å². The van der Waals surface area contributed by atoms with Gasteiger partial charge in [-0.05, 0) is 29.2 Å². The fraction of sp³-hybridized carbons (Fsp3) is 0.278. The molecule has 6 heteroatoms. The molecular formula is C18H16F3NO2. The van der Waals surface area contributed by atoms with Gasteiger partial charge in [-0.15, -0.1) is 0 Å². The van der Waals surface area contributed by atoms with Gasteiger partial charge < -0.3 is 4.74 Å². The van der Waals surface area contributed by atoms with E-state index in [1.54, 1.807) is 0 Å². The molecule has 24 heavy (non-hydrogen) atoms. The normalized spacial score (nSPS) is 16.3. The summed E-state index contributed by atoms with van der Waals surface area (Å²) in [7, 11) is 0. The molecule has 0 spiro atoms. The minimum atomic E-state index is -2.70. The van der Waals surface area contributed by atoms with Crippen LogP contribution < -0.4 is 5.32 Å². The number of rotatable bonds is 4. The Morgan fingerprint density at radius 1 is 1.17 bits per heavy atom. The third kappa shape index (κ3) is 3.88. The van der Waals surface area contributed by atoms with Crippen molar-refractivity contribution in [3.05, 3.63) is 65.5 Å². The molecule has 0 bridgehead atoms. The molecule has 0 unspecified atom stereocenters. The van der Waals surface area contributed by atoms with Crippen LogP contribution in [0.15, 0.2) is 48.5 Å². The van der Waals surface area contributed by atoms with Crippen LogP contribution in [0.1, 0.15) is 29.9 Å². The van der Waals surface area contributed by atoms with Crippen LogP contribution in [0.2, 0.25) is 0 Å². The Hall–Kier alpha value is -2.50. The first-order valence-electron chi connectivity index (χ1n) is 7.58. The van der Waals surface area contributed by atoms with Gasteiger partial charge in [0.1, 0.15) is 12.4 Å². The molecular weight excluding hydrogens is 319 g/mol.